The van der Waals surface area contributed by atoms with Crippen molar-refractivity contribution in [2.24, 2.45) is 16.2 Å². The van der Waals surface area contributed by atoms with E-state index >= 15 is 0 Å². The number of nitrogens with one attached hydrogen (secondary N) is 1. The lowest BCUT2D eigenvalue weighted by molar-refractivity contribution is -0.105. The van der Waals surface area contributed by atoms with Crippen LogP contribution >= 0.6 is 0 Å². The van der Waals surface area contributed by atoms with E-state index in [1.807, 2.05) is 24.5 Å². The molecule has 1 atom stereocenters. The lowest BCUT2D eigenvalue weighted by atomic mass is 9.78. The predicted octanol–water partition coefficient (Wildman–Crippen LogP) is 2.21. The van der Waals surface area contributed by atoms with Crippen molar-refractivity contribution in [3.63, 3.8) is 0 Å². The second-order valence-corrected chi connectivity index (χ2v) is 8.16. The van der Waals surface area contributed by atoms with Crippen LogP contribution in [0.25, 0.3) is 0 Å². The van der Waals surface area contributed by atoms with Gasteiger partial charge in [0.05, 0.1) is 0 Å². The zero-order chi connectivity index (χ0) is 21.3. The van der Waals surface area contributed by atoms with Gasteiger partial charge in [-0.25, -0.2) is 10.3 Å². The summed E-state index contributed by atoms with van der Waals surface area (Å²) >= 11 is 0. The molecule has 0 bridgehead atoms. The Bertz CT molecular complexity index is 861. The second-order valence-electron chi connectivity index (χ2n) is 6.98. The zero-order valence-electron chi connectivity index (χ0n) is 16.6. The highest BCUT2D eigenvalue weighted by Crippen LogP contribution is 2.38. The molecule has 2 heterocycles. The normalized spacial score (nSPS) is 15.8. The molecule has 3 rings (SSSR count). The van der Waals surface area contributed by atoms with Crippen LogP contribution in [0.2, 0.25) is 0 Å². The smallest absolute Gasteiger partial charge is 0.271 e. The molecule has 1 aliphatic heterocycles. The van der Waals surface area contributed by atoms with Gasteiger partial charge in [0.15, 0.2) is 0 Å². The van der Waals surface area contributed by atoms with Crippen LogP contribution in [0, 0.1) is 5.92 Å². The molecule has 0 saturated carbocycles. The summed E-state index contributed by atoms with van der Waals surface area (Å²) in [5, 5.41) is 11.1. The van der Waals surface area contributed by atoms with E-state index in [0.717, 1.165) is 31.6 Å². The highest BCUT2D eigenvalue weighted by atomic mass is 32.2. The number of pyridine rings is 1. The summed E-state index contributed by atoms with van der Waals surface area (Å²) < 4.78 is 18.4. The molecule has 9 heteroatoms. The second kappa shape index (κ2) is 10.9. The molecule has 1 aliphatic rings. The Morgan fingerprint density at radius 2 is 1.76 bits per heavy atom. The van der Waals surface area contributed by atoms with Gasteiger partial charge in [0.2, 0.25) is 6.41 Å². The summed E-state index contributed by atoms with van der Waals surface area (Å²) in [6.07, 6.45) is 7.94. The molecule has 0 aliphatic carbocycles. The van der Waals surface area contributed by atoms with Crippen LogP contribution in [-0.4, -0.2) is 32.9 Å². The summed E-state index contributed by atoms with van der Waals surface area (Å²) in [4.78, 5) is 17.4. The fourth-order valence-electron chi connectivity index (χ4n) is 3.94. The molecule has 1 amide bonds. The van der Waals surface area contributed by atoms with Crippen LogP contribution in [0.15, 0.2) is 48.8 Å². The Morgan fingerprint density at radius 1 is 1.17 bits per heavy atom. The van der Waals surface area contributed by atoms with Crippen LogP contribution in [-0.2, 0) is 15.0 Å². The SMILES string of the molecule is CCC(c1ccccc1NC=O)C1CCN(c2ccncc2)CC1.NS(N)(=O)=O. The van der Waals surface area contributed by atoms with Gasteiger partial charge >= 0.3 is 0 Å². The largest absolute Gasteiger partial charge is 0.371 e. The maximum Gasteiger partial charge on any atom is 0.271 e. The average Bonchev–Trinajstić information content (AvgIpc) is 2.70. The van der Waals surface area contributed by atoms with E-state index in [2.05, 4.69) is 56.7 Å². The van der Waals surface area contributed by atoms with Crippen molar-refractivity contribution in [1.82, 2.24) is 4.98 Å². The van der Waals surface area contributed by atoms with E-state index in [1.54, 1.807) is 0 Å². The highest BCUT2D eigenvalue weighted by molar-refractivity contribution is 7.86. The minimum Gasteiger partial charge on any atom is -0.371 e. The number of hydrogen-bond acceptors (Lipinski definition) is 5. The van der Waals surface area contributed by atoms with Crippen LogP contribution in [0.3, 0.4) is 0 Å². The van der Waals surface area contributed by atoms with Gasteiger partial charge in [-0.05, 0) is 54.9 Å². The van der Waals surface area contributed by atoms with E-state index in [9.17, 15) is 13.2 Å². The molecule has 29 heavy (non-hydrogen) atoms. The maximum atomic E-state index is 10.9. The van der Waals surface area contributed by atoms with Gasteiger partial charge in [-0.3, -0.25) is 9.78 Å². The summed E-state index contributed by atoms with van der Waals surface area (Å²) in [6, 6.07) is 12.4. The number of benzene rings is 1. The summed E-state index contributed by atoms with van der Waals surface area (Å²) in [5.41, 5.74) is 3.49. The van der Waals surface area contributed by atoms with Crippen molar-refractivity contribution < 1.29 is 13.2 Å². The molecule has 1 saturated heterocycles. The number of carbonyl (C=O) groups is 1. The molecule has 1 aromatic heterocycles. The molecule has 8 nitrogen and oxygen atoms in total. The van der Waals surface area contributed by atoms with Gasteiger partial charge in [0, 0.05) is 36.9 Å². The van der Waals surface area contributed by atoms with Gasteiger partial charge in [-0.1, -0.05) is 25.1 Å². The fraction of sp³-hybridized carbons (Fsp3) is 0.400. The van der Waals surface area contributed by atoms with Crippen LogP contribution in [0.5, 0.6) is 0 Å². The predicted molar refractivity (Wildman–Crippen MR) is 116 cm³/mol. The van der Waals surface area contributed by atoms with E-state index < -0.39 is 10.2 Å². The molecule has 0 radical (unpaired) electrons. The Morgan fingerprint density at radius 3 is 2.31 bits per heavy atom. The first kappa shape index (κ1) is 22.8. The number of rotatable bonds is 6. The number of para-hydroxylation sites is 1. The quantitative estimate of drug-likeness (QED) is 0.618. The third-order valence-electron chi connectivity index (χ3n) is 5.15. The molecule has 1 fully saturated rings. The first-order valence-electron chi connectivity index (χ1n) is 9.58. The van der Waals surface area contributed by atoms with Gasteiger partial charge in [-0.15, -0.1) is 0 Å². The summed E-state index contributed by atoms with van der Waals surface area (Å²) in [6.45, 7) is 4.40. The van der Waals surface area contributed by atoms with E-state index in [1.165, 1.54) is 24.1 Å². The lowest BCUT2D eigenvalue weighted by Gasteiger charge is -2.37. The molecule has 158 valence electrons. The van der Waals surface area contributed by atoms with Crippen molar-refractivity contribution in [3.05, 3.63) is 54.4 Å². The number of aromatic nitrogens is 1. The van der Waals surface area contributed by atoms with Crippen molar-refractivity contribution in [2.45, 2.75) is 32.1 Å². The topological polar surface area (TPSA) is 131 Å². The van der Waals surface area contributed by atoms with E-state index in [0.29, 0.717) is 11.8 Å². The number of nitrogens with zero attached hydrogens (tertiary/aromatic N) is 2. The molecule has 5 N–H and O–H groups in total. The lowest BCUT2D eigenvalue weighted by Crippen LogP contribution is -2.35. The van der Waals surface area contributed by atoms with Crippen molar-refractivity contribution in [2.75, 3.05) is 23.3 Å². The standard InChI is InChI=1S/C20H25N3O.H4N2O2S/c1-2-18(19-5-3-4-6-20(19)22-15-24)16-9-13-23(14-10-16)17-7-11-21-12-8-17;1-5(2,3)4/h3-8,11-12,15-16,18H,2,9-10,13-14H2,1H3,(H,22,24);(H4,1,2,3,4). The average molecular weight is 420 g/mol. The van der Waals surface area contributed by atoms with Crippen molar-refractivity contribution >= 4 is 28.0 Å². The first-order chi connectivity index (χ1) is 13.8. The van der Waals surface area contributed by atoms with E-state index in [-0.39, 0.29) is 0 Å². The number of anilines is 2. The van der Waals surface area contributed by atoms with Gasteiger partial charge in [-0.2, -0.15) is 8.42 Å². The minimum absolute atomic E-state index is 0.494. The van der Waals surface area contributed by atoms with Crippen LogP contribution in [0.4, 0.5) is 11.4 Å². The van der Waals surface area contributed by atoms with Crippen molar-refractivity contribution in [3.8, 4) is 0 Å². The number of piperidine rings is 1. The molecule has 2 aromatic rings. The van der Waals surface area contributed by atoms with Gasteiger partial charge < -0.3 is 10.2 Å². The summed E-state index contributed by atoms with van der Waals surface area (Å²) in [7, 11) is -3.67. The van der Waals surface area contributed by atoms with Crippen LogP contribution in [0.1, 0.15) is 37.7 Å². The van der Waals surface area contributed by atoms with Gasteiger partial charge in [0.25, 0.3) is 10.2 Å². The maximum absolute atomic E-state index is 10.9. The first-order valence-corrected chi connectivity index (χ1v) is 11.2. The van der Waals surface area contributed by atoms with Crippen molar-refractivity contribution in [1.29, 1.82) is 0 Å². The monoisotopic (exact) mass is 419 g/mol. The Kier molecular flexibility index (Phi) is 8.56. The van der Waals surface area contributed by atoms with Gasteiger partial charge in [0.1, 0.15) is 0 Å². The molecule has 1 aromatic carbocycles. The zero-order valence-corrected chi connectivity index (χ0v) is 17.4. The molecule has 1 unspecified atom stereocenters. The Labute approximate surface area is 172 Å². The molecular formula is C20H29N5O3S. The Hall–Kier alpha value is -2.49. The third kappa shape index (κ3) is 7.45. The number of nitrogens with two attached hydrogens (primary N) is 2. The number of carbonyl (C=O) groups excluding carboxylic acids is 1. The summed E-state index contributed by atoms with van der Waals surface area (Å²) in [5.74, 6) is 1.15. The third-order valence-corrected chi connectivity index (χ3v) is 5.15. The number of amides is 1. The highest BCUT2D eigenvalue weighted by Gasteiger charge is 2.28. The molecule has 0 spiro atoms. The minimum atomic E-state index is -3.67. The number of hydrogen-bond donors (Lipinski definition) is 3. The fourth-order valence-corrected chi connectivity index (χ4v) is 3.94. The molecular weight excluding hydrogens is 390 g/mol. The van der Waals surface area contributed by atoms with E-state index in [4.69, 9.17) is 0 Å². The van der Waals surface area contributed by atoms with Crippen LogP contribution < -0.4 is 20.5 Å². The Balaban J connectivity index is 0.000000537.